The fourth-order valence-corrected chi connectivity index (χ4v) is 4.20. The Morgan fingerprint density at radius 1 is 1.04 bits per heavy atom. The molecule has 0 aliphatic carbocycles. The maximum atomic E-state index is 13.3. The van der Waals surface area contributed by atoms with Gasteiger partial charge in [-0.15, -0.1) is 10.2 Å². The lowest BCUT2D eigenvalue weighted by molar-refractivity contribution is -0.157. The first kappa shape index (κ1) is 18.7. The number of piperidine rings is 1. The third-order valence-corrected chi connectivity index (χ3v) is 5.84. The van der Waals surface area contributed by atoms with Crippen molar-refractivity contribution in [3.63, 3.8) is 0 Å². The minimum Gasteiger partial charge on any atom is -0.417 e. The zero-order valence-electron chi connectivity index (χ0n) is 13.0. The first-order valence-corrected chi connectivity index (χ1v) is 8.88. The lowest BCUT2D eigenvalue weighted by Crippen LogP contribution is -2.38. The molecule has 142 valence electrons. The van der Waals surface area contributed by atoms with Crippen LogP contribution in [0.4, 0.5) is 22.0 Å². The molecule has 26 heavy (non-hydrogen) atoms. The Balaban J connectivity index is 1.72. The Morgan fingerprint density at radius 2 is 1.62 bits per heavy atom. The Hall–Kier alpha value is -2.08. The number of hydrogen-bond acceptors (Lipinski definition) is 5. The molecular formula is C14H12F5N3O3S. The first-order valence-electron chi connectivity index (χ1n) is 7.44. The second-order valence-corrected chi connectivity index (χ2v) is 7.66. The number of benzene rings is 1. The molecule has 3 rings (SSSR count). The van der Waals surface area contributed by atoms with Crippen LogP contribution in [0.5, 0.6) is 0 Å². The molecule has 0 bridgehead atoms. The number of halogens is 5. The summed E-state index contributed by atoms with van der Waals surface area (Å²) < 4.78 is 94.6. The average molecular weight is 397 g/mol. The molecule has 1 saturated heterocycles. The monoisotopic (exact) mass is 397 g/mol. The topological polar surface area (TPSA) is 76.3 Å². The van der Waals surface area contributed by atoms with Gasteiger partial charge in [-0.25, -0.2) is 17.2 Å². The van der Waals surface area contributed by atoms with Gasteiger partial charge in [0.25, 0.3) is 0 Å². The molecule has 1 aliphatic heterocycles. The maximum absolute atomic E-state index is 13.3. The molecule has 6 nitrogen and oxygen atoms in total. The molecule has 0 atom stereocenters. The van der Waals surface area contributed by atoms with E-state index in [0.717, 1.165) is 4.31 Å². The van der Waals surface area contributed by atoms with Crippen molar-refractivity contribution in [2.45, 2.75) is 29.8 Å². The molecule has 2 heterocycles. The molecule has 0 amide bonds. The minimum atomic E-state index is -4.75. The highest BCUT2D eigenvalue weighted by Crippen LogP contribution is 2.33. The summed E-state index contributed by atoms with van der Waals surface area (Å²) in [5.41, 5.74) is 0. The van der Waals surface area contributed by atoms with Crippen LogP contribution in [0.2, 0.25) is 0 Å². The number of hydrogen-bond donors (Lipinski definition) is 0. The van der Waals surface area contributed by atoms with Crippen LogP contribution in [0, 0.1) is 11.6 Å². The molecule has 1 aromatic carbocycles. The summed E-state index contributed by atoms with van der Waals surface area (Å²) in [5.74, 6) is -4.26. The number of sulfonamides is 1. The third-order valence-electron chi connectivity index (χ3n) is 3.96. The van der Waals surface area contributed by atoms with E-state index < -0.39 is 44.5 Å². The largest absolute Gasteiger partial charge is 0.470 e. The van der Waals surface area contributed by atoms with E-state index in [2.05, 4.69) is 14.6 Å². The highest BCUT2D eigenvalue weighted by molar-refractivity contribution is 7.89. The highest BCUT2D eigenvalue weighted by atomic mass is 32.2. The van der Waals surface area contributed by atoms with Gasteiger partial charge in [-0.1, -0.05) is 0 Å². The number of nitrogens with zero attached hydrogens (tertiary/aromatic N) is 3. The van der Waals surface area contributed by atoms with Crippen LogP contribution in [0.1, 0.15) is 30.5 Å². The predicted molar refractivity (Wildman–Crippen MR) is 76.4 cm³/mol. The van der Waals surface area contributed by atoms with E-state index in [0.29, 0.717) is 18.2 Å². The third kappa shape index (κ3) is 3.70. The lowest BCUT2D eigenvalue weighted by atomic mass is 9.98. The summed E-state index contributed by atoms with van der Waals surface area (Å²) in [6.07, 6.45) is -4.48. The Labute approximate surface area is 144 Å². The van der Waals surface area contributed by atoms with Crippen molar-refractivity contribution in [1.29, 1.82) is 0 Å². The van der Waals surface area contributed by atoms with Crippen LogP contribution in [-0.2, 0) is 16.2 Å². The van der Waals surface area contributed by atoms with Crippen molar-refractivity contribution in [3.8, 4) is 0 Å². The smallest absolute Gasteiger partial charge is 0.417 e. The summed E-state index contributed by atoms with van der Waals surface area (Å²) in [4.78, 5) is -0.523. The fourth-order valence-electron chi connectivity index (χ4n) is 2.68. The van der Waals surface area contributed by atoms with E-state index in [9.17, 15) is 30.4 Å². The van der Waals surface area contributed by atoms with E-state index in [1.165, 1.54) is 0 Å². The zero-order valence-corrected chi connectivity index (χ0v) is 13.8. The van der Waals surface area contributed by atoms with Crippen molar-refractivity contribution in [2.75, 3.05) is 13.1 Å². The van der Waals surface area contributed by atoms with Crippen molar-refractivity contribution < 1.29 is 34.8 Å². The van der Waals surface area contributed by atoms with Gasteiger partial charge in [0.1, 0.15) is 11.6 Å². The molecule has 0 unspecified atom stereocenters. The molecule has 1 aliphatic rings. The molecule has 0 radical (unpaired) electrons. The van der Waals surface area contributed by atoms with Gasteiger partial charge in [-0.2, -0.15) is 17.5 Å². The van der Waals surface area contributed by atoms with Gasteiger partial charge < -0.3 is 4.42 Å². The second kappa shape index (κ2) is 6.58. The lowest BCUT2D eigenvalue weighted by Gasteiger charge is -2.29. The molecule has 12 heteroatoms. The van der Waals surface area contributed by atoms with Gasteiger partial charge in [-0.3, -0.25) is 0 Å². The van der Waals surface area contributed by atoms with Gasteiger partial charge in [0.05, 0.1) is 4.90 Å². The van der Waals surface area contributed by atoms with E-state index >= 15 is 0 Å². The van der Waals surface area contributed by atoms with E-state index in [4.69, 9.17) is 0 Å². The summed E-state index contributed by atoms with van der Waals surface area (Å²) >= 11 is 0. The van der Waals surface area contributed by atoms with Gasteiger partial charge in [0, 0.05) is 25.1 Å². The van der Waals surface area contributed by atoms with Crippen LogP contribution in [-0.4, -0.2) is 36.0 Å². The highest BCUT2D eigenvalue weighted by Gasteiger charge is 2.39. The normalized spacial score (nSPS) is 17.6. The van der Waals surface area contributed by atoms with Gasteiger partial charge in [0.2, 0.25) is 15.9 Å². The van der Waals surface area contributed by atoms with Crippen LogP contribution in [0.3, 0.4) is 0 Å². The van der Waals surface area contributed by atoms with Gasteiger partial charge >= 0.3 is 12.1 Å². The molecule has 1 aromatic heterocycles. The van der Waals surface area contributed by atoms with Crippen molar-refractivity contribution in [1.82, 2.24) is 14.5 Å². The van der Waals surface area contributed by atoms with E-state index in [-0.39, 0.29) is 31.8 Å². The summed E-state index contributed by atoms with van der Waals surface area (Å²) in [7, 11) is -4.12. The average Bonchev–Trinajstić information content (AvgIpc) is 3.04. The summed E-state index contributed by atoms with van der Waals surface area (Å²) in [6, 6.07) is 1.97. The first-order chi connectivity index (χ1) is 12.1. The fraction of sp³-hybridized carbons (Fsp3) is 0.429. The summed E-state index contributed by atoms with van der Waals surface area (Å²) in [6.45, 7) is -0.121. The van der Waals surface area contributed by atoms with Gasteiger partial charge in [-0.05, 0) is 25.0 Å². The summed E-state index contributed by atoms with van der Waals surface area (Å²) in [5, 5.41) is 6.31. The number of rotatable bonds is 3. The standard InChI is InChI=1S/C14H12F5N3O3S/c15-9-5-10(16)7-11(6-9)26(23,24)22-3-1-8(2-4-22)12-20-21-13(25-12)14(17,18)19/h5-8H,1-4H2. The van der Waals surface area contributed by atoms with Crippen LogP contribution in [0.15, 0.2) is 27.5 Å². The maximum Gasteiger partial charge on any atom is 0.470 e. The Kier molecular flexibility index (Phi) is 4.73. The molecule has 1 fully saturated rings. The van der Waals surface area contributed by atoms with Crippen LogP contribution in [0.25, 0.3) is 0 Å². The molecule has 2 aromatic rings. The Bertz CT molecular complexity index is 885. The van der Waals surface area contributed by atoms with Crippen molar-refractivity contribution >= 4 is 10.0 Å². The van der Waals surface area contributed by atoms with Crippen LogP contribution < -0.4 is 0 Å². The zero-order chi connectivity index (χ0) is 19.1. The molecular weight excluding hydrogens is 385 g/mol. The molecule has 0 saturated carbocycles. The Morgan fingerprint density at radius 3 is 2.12 bits per heavy atom. The molecule has 0 spiro atoms. The van der Waals surface area contributed by atoms with E-state index in [1.54, 1.807) is 0 Å². The van der Waals surface area contributed by atoms with Crippen molar-refractivity contribution in [3.05, 3.63) is 41.6 Å². The minimum absolute atomic E-state index is 0.0607. The number of alkyl halides is 3. The van der Waals surface area contributed by atoms with Crippen LogP contribution >= 0.6 is 0 Å². The second-order valence-electron chi connectivity index (χ2n) is 5.73. The predicted octanol–water partition coefficient (Wildman–Crippen LogP) is 2.93. The van der Waals surface area contributed by atoms with E-state index in [1.807, 2.05) is 0 Å². The molecule has 0 N–H and O–H groups in total. The SMILES string of the molecule is O=S(=O)(c1cc(F)cc(F)c1)N1CCC(c2nnc(C(F)(F)F)o2)CC1. The van der Waals surface area contributed by atoms with Gasteiger partial charge in [0.15, 0.2) is 0 Å². The quantitative estimate of drug-likeness (QED) is 0.745. The van der Waals surface area contributed by atoms with Crippen molar-refractivity contribution in [2.24, 2.45) is 0 Å². The number of aromatic nitrogens is 2.